The van der Waals surface area contributed by atoms with Crippen LogP contribution in [0.4, 0.5) is 0 Å². The smallest absolute Gasteiger partial charge is 0.310 e. The number of carboxylic acids is 1. The maximum atomic E-state index is 12.6. The number of rotatable bonds is 7. The third kappa shape index (κ3) is 5.01. The van der Waals surface area contributed by atoms with E-state index in [4.69, 9.17) is 4.74 Å². The third-order valence-corrected chi connectivity index (χ3v) is 8.23. The lowest BCUT2D eigenvalue weighted by atomic mass is 9.69. The van der Waals surface area contributed by atoms with Crippen LogP contribution in [0.1, 0.15) is 66.5 Å². The van der Waals surface area contributed by atoms with E-state index in [2.05, 4.69) is 52.2 Å². The lowest BCUT2D eigenvalue weighted by Crippen LogP contribution is -2.33. The largest absolute Gasteiger partial charge is 0.489 e. The predicted octanol–water partition coefficient (Wildman–Crippen LogP) is 5.40. The summed E-state index contributed by atoms with van der Waals surface area (Å²) in [4.78, 5) is 19.3. The highest BCUT2D eigenvalue weighted by Gasteiger charge is 2.40. The minimum absolute atomic E-state index is 0.0946. The van der Waals surface area contributed by atoms with Gasteiger partial charge in [0.25, 0.3) is 0 Å². The molecule has 1 N–H and O–H groups in total. The lowest BCUT2D eigenvalue weighted by molar-refractivity contribution is -0.147. The molecule has 4 aromatic rings. The van der Waals surface area contributed by atoms with Crippen molar-refractivity contribution in [3.05, 3.63) is 82.2 Å². The molecule has 3 heterocycles. The fourth-order valence-corrected chi connectivity index (χ4v) is 5.74. The van der Waals surface area contributed by atoms with Crippen molar-refractivity contribution in [1.29, 1.82) is 0 Å². The van der Waals surface area contributed by atoms with E-state index in [9.17, 15) is 9.90 Å². The van der Waals surface area contributed by atoms with Gasteiger partial charge in [0.1, 0.15) is 17.4 Å². The summed E-state index contributed by atoms with van der Waals surface area (Å²) >= 11 is 0. The Kier molecular flexibility index (Phi) is 7.16. The van der Waals surface area contributed by atoms with Gasteiger partial charge in [-0.3, -0.25) is 14.7 Å². The number of hydrogen-bond donors (Lipinski definition) is 1. The van der Waals surface area contributed by atoms with Crippen LogP contribution < -0.4 is 4.74 Å². The van der Waals surface area contributed by atoms with Crippen molar-refractivity contribution in [1.82, 2.24) is 24.9 Å². The molecule has 8 heteroatoms. The fraction of sp³-hybridized carbons (Fsp3) is 0.419. The molecule has 0 fully saturated rings. The second kappa shape index (κ2) is 10.4. The monoisotopic (exact) mass is 527 g/mol. The number of pyridine rings is 1. The second-order valence-corrected chi connectivity index (χ2v) is 11.3. The summed E-state index contributed by atoms with van der Waals surface area (Å²) in [6, 6.07) is 12.4. The Labute approximate surface area is 229 Å². The van der Waals surface area contributed by atoms with Gasteiger partial charge in [0.05, 0.1) is 10.9 Å². The summed E-state index contributed by atoms with van der Waals surface area (Å²) in [6.45, 7) is 12.2. The average Bonchev–Trinajstić information content (AvgIpc) is 3.18. The van der Waals surface area contributed by atoms with Gasteiger partial charge in [-0.1, -0.05) is 36.4 Å². The van der Waals surface area contributed by atoms with Crippen molar-refractivity contribution >= 4 is 17.0 Å². The quantitative estimate of drug-likeness (QED) is 0.344. The van der Waals surface area contributed by atoms with Gasteiger partial charge in [0.2, 0.25) is 0 Å². The van der Waals surface area contributed by atoms with Gasteiger partial charge >= 0.3 is 5.97 Å². The van der Waals surface area contributed by atoms with E-state index in [1.165, 1.54) is 11.1 Å². The Hall–Kier alpha value is -3.78. The molecule has 5 rings (SSSR count). The van der Waals surface area contributed by atoms with Crippen LogP contribution in [0.3, 0.4) is 0 Å². The number of fused-ring (bicyclic) bond motifs is 2. The van der Waals surface area contributed by atoms with Crippen LogP contribution in [0.15, 0.2) is 48.8 Å². The third-order valence-electron chi connectivity index (χ3n) is 8.23. The van der Waals surface area contributed by atoms with Crippen molar-refractivity contribution in [2.75, 3.05) is 6.54 Å². The summed E-state index contributed by atoms with van der Waals surface area (Å²) < 4.78 is 8.03. The summed E-state index contributed by atoms with van der Waals surface area (Å²) in [5, 5.41) is 18.9. The Bertz CT molecular complexity index is 1530. The molecule has 2 aromatic carbocycles. The number of aromatic nitrogens is 4. The number of nitrogens with zero attached hydrogens (tertiary/aromatic N) is 5. The number of aryl methyl sites for hydroxylation is 3. The molecular weight excluding hydrogens is 490 g/mol. The second-order valence-electron chi connectivity index (χ2n) is 11.3. The summed E-state index contributed by atoms with van der Waals surface area (Å²) in [7, 11) is 1.87. The molecule has 0 saturated carbocycles. The van der Waals surface area contributed by atoms with Crippen molar-refractivity contribution < 1.29 is 14.6 Å². The Balaban J connectivity index is 1.56. The SMILES string of the molecule is CCC1CN(Cc2cc(C(c3ccc4c(nnn4C)c3C)C(C)(C)C(=O)O)ccc2C)Cc2cnccc2O1. The Morgan fingerprint density at radius 1 is 1.21 bits per heavy atom. The van der Waals surface area contributed by atoms with Gasteiger partial charge in [-0.15, -0.1) is 5.10 Å². The van der Waals surface area contributed by atoms with Gasteiger partial charge in [-0.25, -0.2) is 4.68 Å². The van der Waals surface area contributed by atoms with Crippen LogP contribution in [0.2, 0.25) is 0 Å². The molecule has 1 aliphatic rings. The number of benzene rings is 2. The van der Waals surface area contributed by atoms with Gasteiger partial charge < -0.3 is 9.84 Å². The maximum absolute atomic E-state index is 12.6. The Morgan fingerprint density at radius 3 is 2.74 bits per heavy atom. The number of hydrogen-bond acceptors (Lipinski definition) is 6. The highest BCUT2D eigenvalue weighted by Crippen LogP contribution is 2.44. The standard InChI is InChI=1S/C31H37N5O3/c1-7-24-18-36(17-23-15-32-13-12-27(23)39-24)16-22-14-21(9-8-19(22)2)28(31(4,5)30(37)38)25-10-11-26-29(20(25)3)33-34-35(26)6/h8-15,24,28H,7,16-18H2,1-6H3,(H,37,38). The highest BCUT2D eigenvalue weighted by atomic mass is 16.5. The van der Waals surface area contributed by atoms with Crippen molar-refractivity contribution in [2.24, 2.45) is 12.5 Å². The first-order chi connectivity index (χ1) is 18.6. The molecule has 0 amide bonds. The molecule has 39 heavy (non-hydrogen) atoms. The zero-order valence-corrected chi connectivity index (χ0v) is 23.6. The van der Waals surface area contributed by atoms with Crippen LogP contribution in [-0.2, 0) is 24.9 Å². The molecule has 0 aliphatic carbocycles. The van der Waals surface area contributed by atoms with Crippen molar-refractivity contribution in [3.8, 4) is 5.75 Å². The predicted molar refractivity (Wildman–Crippen MR) is 151 cm³/mol. The molecule has 204 valence electrons. The zero-order chi connectivity index (χ0) is 27.9. The first kappa shape index (κ1) is 26.8. The molecule has 2 unspecified atom stereocenters. The normalized spacial score (nSPS) is 16.9. The molecule has 8 nitrogen and oxygen atoms in total. The zero-order valence-electron chi connectivity index (χ0n) is 23.6. The van der Waals surface area contributed by atoms with E-state index >= 15 is 0 Å². The number of carbonyl (C=O) groups is 1. The summed E-state index contributed by atoms with van der Waals surface area (Å²) in [6.07, 6.45) is 4.67. The van der Waals surface area contributed by atoms with E-state index in [0.29, 0.717) is 0 Å². The van der Waals surface area contributed by atoms with Crippen molar-refractivity contribution in [3.63, 3.8) is 0 Å². The van der Waals surface area contributed by atoms with Gasteiger partial charge in [0.15, 0.2) is 0 Å². The fourth-order valence-electron chi connectivity index (χ4n) is 5.74. The molecule has 0 saturated heterocycles. The minimum atomic E-state index is -1.05. The van der Waals surface area contributed by atoms with Crippen LogP contribution in [0.5, 0.6) is 5.75 Å². The molecule has 0 bridgehead atoms. The van der Waals surface area contributed by atoms with E-state index in [-0.39, 0.29) is 12.0 Å². The van der Waals surface area contributed by atoms with E-state index in [0.717, 1.165) is 65.1 Å². The van der Waals surface area contributed by atoms with Crippen LogP contribution in [-0.4, -0.2) is 48.6 Å². The Morgan fingerprint density at radius 2 is 2.00 bits per heavy atom. The van der Waals surface area contributed by atoms with Crippen LogP contribution in [0, 0.1) is 19.3 Å². The topological polar surface area (TPSA) is 93.4 Å². The highest BCUT2D eigenvalue weighted by molar-refractivity contribution is 5.81. The van der Waals surface area contributed by atoms with E-state index < -0.39 is 11.4 Å². The molecule has 1 aliphatic heterocycles. The minimum Gasteiger partial charge on any atom is -0.489 e. The number of aliphatic carboxylic acids is 1. The molecule has 2 atom stereocenters. The maximum Gasteiger partial charge on any atom is 0.310 e. The lowest BCUT2D eigenvalue weighted by Gasteiger charge is -2.33. The van der Waals surface area contributed by atoms with E-state index in [1.54, 1.807) is 10.9 Å². The summed E-state index contributed by atoms with van der Waals surface area (Å²) in [5.74, 6) is -0.308. The van der Waals surface area contributed by atoms with E-state index in [1.807, 2.05) is 52.2 Å². The van der Waals surface area contributed by atoms with Crippen molar-refractivity contribution in [2.45, 2.75) is 66.2 Å². The van der Waals surface area contributed by atoms with Gasteiger partial charge in [0, 0.05) is 50.6 Å². The molecular formula is C31H37N5O3. The summed E-state index contributed by atoms with van der Waals surface area (Å²) in [5.41, 5.74) is 7.01. The van der Waals surface area contributed by atoms with Gasteiger partial charge in [-0.2, -0.15) is 0 Å². The molecule has 0 radical (unpaired) electrons. The number of carboxylic acid groups (broad SMARTS) is 1. The number of ether oxygens (including phenoxy) is 1. The van der Waals surface area contributed by atoms with Crippen LogP contribution >= 0.6 is 0 Å². The first-order valence-electron chi connectivity index (χ1n) is 13.5. The van der Waals surface area contributed by atoms with Crippen LogP contribution in [0.25, 0.3) is 11.0 Å². The molecule has 0 spiro atoms. The average molecular weight is 528 g/mol. The first-order valence-corrected chi connectivity index (χ1v) is 13.5. The van der Waals surface area contributed by atoms with Gasteiger partial charge in [-0.05, 0) is 74.1 Å². The molecule has 2 aromatic heterocycles.